The van der Waals surface area contributed by atoms with Gasteiger partial charge in [0, 0.05) is 28.5 Å². The minimum atomic E-state index is -5.08. The number of carboxylic acids is 1. The summed E-state index contributed by atoms with van der Waals surface area (Å²) in [4.78, 5) is 40.6. The Morgan fingerprint density at radius 2 is 1.88 bits per heavy atom. The fourth-order valence-electron chi connectivity index (χ4n) is 2.42. The predicted molar refractivity (Wildman–Crippen MR) is 109 cm³/mol. The zero-order valence-electron chi connectivity index (χ0n) is 16.7. The van der Waals surface area contributed by atoms with E-state index in [9.17, 15) is 22.8 Å². The van der Waals surface area contributed by atoms with Crippen LogP contribution in [0, 0.1) is 6.92 Å². The van der Waals surface area contributed by atoms with E-state index in [1.165, 1.54) is 13.1 Å². The number of alkyl halides is 3. The Balaban J connectivity index is 0.000000451. The zero-order valence-corrected chi connectivity index (χ0v) is 17.4. The van der Waals surface area contributed by atoms with Gasteiger partial charge in [0.25, 0.3) is 5.91 Å². The van der Waals surface area contributed by atoms with Crippen molar-refractivity contribution in [2.75, 3.05) is 5.32 Å². The molecule has 3 N–H and O–H groups in total. The van der Waals surface area contributed by atoms with E-state index in [-0.39, 0.29) is 0 Å². The van der Waals surface area contributed by atoms with Crippen LogP contribution in [0.15, 0.2) is 42.7 Å². The number of H-pyrrole nitrogens is 1. The summed E-state index contributed by atoms with van der Waals surface area (Å²) in [5.74, 6) is -3.76. The Hall–Kier alpha value is -3.60. The molecule has 0 aliphatic heterocycles. The van der Waals surface area contributed by atoms with E-state index in [0.717, 1.165) is 5.56 Å². The number of esters is 1. The van der Waals surface area contributed by atoms with Crippen LogP contribution in [0.25, 0.3) is 11.0 Å². The number of anilines is 1. The quantitative estimate of drug-likeness (QED) is 0.487. The van der Waals surface area contributed by atoms with Gasteiger partial charge in [0.05, 0.1) is 5.56 Å². The fourth-order valence-corrected chi connectivity index (χ4v) is 2.64. The Kier molecular flexibility index (Phi) is 7.82. The molecule has 8 nitrogen and oxygen atoms in total. The highest BCUT2D eigenvalue weighted by Crippen LogP contribution is 2.21. The summed E-state index contributed by atoms with van der Waals surface area (Å²) < 4.78 is 37.0. The number of aliphatic carboxylic acids is 1. The van der Waals surface area contributed by atoms with Crippen molar-refractivity contribution in [2.24, 2.45) is 0 Å². The number of hydrogen-bond donors (Lipinski definition) is 3. The first-order valence-corrected chi connectivity index (χ1v) is 9.28. The van der Waals surface area contributed by atoms with Crippen molar-refractivity contribution in [3.8, 4) is 0 Å². The van der Waals surface area contributed by atoms with Crippen LogP contribution in [0.1, 0.15) is 22.8 Å². The maximum atomic E-state index is 12.4. The van der Waals surface area contributed by atoms with Crippen molar-refractivity contribution < 1.29 is 37.4 Å². The van der Waals surface area contributed by atoms with Crippen LogP contribution in [0.2, 0.25) is 5.02 Å². The lowest BCUT2D eigenvalue weighted by molar-refractivity contribution is -0.192. The van der Waals surface area contributed by atoms with E-state index in [2.05, 4.69) is 15.3 Å². The van der Waals surface area contributed by atoms with Crippen LogP contribution in [0.5, 0.6) is 0 Å². The number of carboxylic acid groups (broad SMARTS) is 1. The predicted octanol–water partition coefficient (Wildman–Crippen LogP) is 4.34. The molecule has 0 fully saturated rings. The van der Waals surface area contributed by atoms with E-state index in [1.54, 1.807) is 36.5 Å². The van der Waals surface area contributed by atoms with Gasteiger partial charge in [-0.05, 0) is 49.7 Å². The number of fused-ring (bicyclic) bond motifs is 1. The molecule has 1 amide bonds. The second-order valence-corrected chi connectivity index (χ2v) is 6.83. The number of aryl methyl sites for hydroxylation is 1. The molecule has 0 radical (unpaired) electrons. The molecule has 32 heavy (non-hydrogen) atoms. The molecule has 1 atom stereocenters. The van der Waals surface area contributed by atoms with Crippen LogP contribution in [-0.2, 0) is 14.3 Å². The van der Waals surface area contributed by atoms with Crippen molar-refractivity contribution >= 4 is 46.2 Å². The summed E-state index contributed by atoms with van der Waals surface area (Å²) >= 11 is 5.90. The molecular formula is C20H17ClF3N3O5. The minimum absolute atomic E-state index is 0.355. The number of aromatic nitrogens is 2. The Labute approximate surface area is 184 Å². The number of aromatic amines is 1. The number of carbonyl (C=O) groups is 3. The highest BCUT2D eigenvalue weighted by Gasteiger charge is 2.38. The lowest BCUT2D eigenvalue weighted by Crippen LogP contribution is -2.30. The van der Waals surface area contributed by atoms with Gasteiger partial charge in [-0.1, -0.05) is 11.6 Å². The second-order valence-electron chi connectivity index (χ2n) is 6.40. The minimum Gasteiger partial charge on any atom is -0.475 e. The molecular weight excluding hydrogens is 455 g/mol. The number of pyridine rings is 1. The number of rotatable bonds is 4. The zero-order chi connectivity index (χ0) is 24.1. The Morgan fingerprint density at radius 3 is 2.47 bits per heavy atom. The summed E-state index contributed by atoms with van der Waals surface area (Å²) in [5.41, 5.74) is 2.38. The number of nitrogens with one attached hydrogen (secondary N) is 2. The molecule has 1 unspecified atom stereocenters. The molecule has 0 bridgehead atoms. The molecule has 2 heterocycles. The highest BCUT2D eigenvalue weighted by atomic mass is 35.5. The van der Waals surface area contributed by atoms with Crippen molar-refractivity contribution in [2.45, 2.75) is 26.1 Å². The molecule has 0 aliphatic rings. The average Bonchev–Trinajstić information content (AvgIpc) is 3.18. The third kappa shape index (κ3) is 6.45. The molecule has 2 aromatic heterocycles. The Morgan fingerprint density at radius 1 is 1.22 bits per heavy atom. The summed E-state index contributed by atoms with van der Waals surface area (Å²) in [6, 6.07) is 8.43. The number of nitrogens with zero attached hydrogens (tertiary/aromatic N) is 1. The van der Waals surface area contributed by atoms with Gasteiger partial charge < -0.3 is 20.1 Å². The summed E-state index contributed by atoms with van der Waals surface area (Å²) in [6.45, 7) is 3.35. The SMILES string of the molecule is Cc1cc(Cl)ccc1NC(=O)C(C)OC(=O)c1ccnc2[nH]ccc12.O=C(O)C(F)(F)F. The topological polar surface area (TPSA) is 121 Å². The third-order valence-electron chi connectivity index (χ3n) is 4.02. The van der Waals surface area contributed by atoms with Crippen LogP contribution >= 0.6 is 11.6 Å². The molecule has 0 spiro atoms. The average molecular weight is 472 g/mol. The number of hydrogen-bond acceptors (Lipinski definition) is 5. The van der Waals surface area contributed by atoms with Gasteiger partial charge in [0.2, 0.25) is 0 Å². The van der Waals surface area contributed by atoms with E-state index in [1.807, 2.05) is 6.92 Å². The molecule has 3 rings (SSSR count). The molecule has 0 aliphatic carbocycles. The van der Waals surface area contributed by atoms with Gasteiger partial charge in [-0.3, -0.25) is 4.79 Å². The van der Waals surface area contributed by atoms with Gasteiger partial charge in [0.15, 0.2) is 6.10 Å². The first-order chi connectivity index (χ1) is 14.9. The van der Waals surface area contributed by atoms with Gasteiger partial charge in [-0.15, -0.1) is 0 Å². The number of carbonyl (C=O) groups excluding carboxylic acids is 2. The largest absolute Gasteiger partial charge is 0.490 e. The van der Waals surface area contributed by atoms with Crippen LogP contribution in [-0.4, -0.2) is 45.2 Å². The molecule has 3 aromatic rings. The summed E-state index contributed by atoms with van der Waals surface area (Å²) in [7, 11) is 0. The lowest BCUT2D eigenvalue weighted by Gasteiger charge is -2.15. The van der Waals surface area contributed by atoms with Crippen molar-refractivity contribution in [3.63, 3.8) is 0 Å². The molecule has 170 valence electrons. The highest BCUT2D eigenvalue weighted by molar-refractivity contribution is 6.30. The smallest absolute Gasteiger partial charge is 0.475 e. The second kappa shape index (κ2) is 10.1. The third-order valence-corrected chi connectivity index (χ3v) is 4.26. The molecule has 0 saturated carbocycles. The molecule has 1 aromatic carbocycles. The molecule has 12 heteroatoms. The van der Waals surface area contributed by atoms with Crippen LogP contribution in [0.3, 0.4) is 0 Å². The van der Waals surface area contributed by atoms with Crippen molar-refractivity contribution in [1.82, 2.24) is 9.97 Å². The first kappa shape index (κ1) is 24.7. The van der Waals surface area contributed by atoms with Crippen LogP contribution < -0.4 is 5.32 Å². The van der Waals surface area contributed by atoms with E-state index in [0.29, 0.717) is 27.3 Å². The maximum Gasteiger partial charge on any atom is 0.490 e. The molecule has 0 saturated heterocycles. The first-order valence-electron chi connectivity index (χ1n) is 8.90. The van der Waals surface area contributed by atoms with E-state index < -0.39 is 30.1 Å². The van der Waals surface area contributed by atoms with Gasteiger partial charge in [-0.2, -0.15) is 13.2 Å². The van der Waals surface area contributed by atoms with E-state index in [4.69, 9.17) is 26.2 Å². The standard InChI is InChI=1S/C18H16ClN3O3.C2HF3O2/c1-10-9-12(19)3-4-15(10)22-17(23)11(2)25-18(24)14-6-8-21-16-13(14)5-7-20-16;3-2(4,5)1(6)7/h3-9,11H,1-2H3,(H,20,21)(H,22,23);(H,6,7). The van der Waals surface area contributed by atoms with Crippen LogP contribution in [0.4, 0.5) is 18.9 Å². The number of benzene rings is 1. The normalized spacial score (nSPS) is 11.8. The maximum absolute atomic E-state index is 12.4. The van der Waals surface area contributed by atoms with Crippen molar-refractivity contribution in [1.29, 1.82) is 0 Å². The lowest BCUT2D eigenvalue weighted by atomic mass is 10.2. The number of amides is 1. The van der Waals surface area contributed by atoms with Gasteiger partial charge >= 0.3 is 18.1 Å². The number of halogens is 4. The Bertz CT molecular complexity index is 1150. The number of ether oxygens (including phenoxy) is 1. The van der Waals surface area contributed by atoms with E-state index >= 15 is 0 Å². The summed E-state index contributed by atoms with van der Waals surface area (Å²) in [6.07, 6.45) is -2.84. The monoisotopic (exact) mass is 471 g/mol. The summed E-state index contributed by atoms with van der Waals surface area (Å²) in [5, 5.41) is 11.1. The van der Waals surface area contributed by atoms with Gasteiger partial charge in [0.1, 0.15) is 5.65 Å². The van der Waals surface area contributed by atoms with Gasteiger partial charge in [-0.25, -0.2) is 14.6 Å². The van der Waals surface area contributed by atoms with Crippen molar-refractivity contribution in [3.05, 3.63) is 58.9 Å². The fraction of sp³-hybridized carbons (Fsp3) is 0.200.